The van der Waals surface area contributed by atoms with E-state index in [9.17, 15) is 0 Å². The number of halogens is 1. The van der Waals surface area contributed by atoms with Crippen molar-refractivity contribution in [3.63, 3.8) is 0 Å². The summed E-state index contributed by atoms with van der Waals surface area (Å²) in [6, 6.07) is 8.85. The molecule has 112 valence electrons. The maximum Gasteiger partial charge on any atom is 0.0964 e. The van der Waals surface area contributed by atoms with Crippen molar-refractivity contribution in [3.8, 4) is 0 Å². The predicted octanol–water partition coefficient (Wildman–Crippen LogP) is 2.51. The number of aromatic nitrogens is 3. The molecule has 1 aromatic carbocycles. The van der Waals surface area contributed by atoms with Crippen LogP contribution in [0.25, 0.3) is 0 Å². The van der Waals surface area contributed by atoms with Gasteiger partial charge in [0, 0.05) is 23.3 Å². The summed E-state index contributed by atoms with van der Waals surface area (Å²) < 4.78 is 8.59. The first-order chi connectivity index (χ1) is 10.3. The normalized spacial score (nSPS) is 14.5. The van der Waals surface area contributed by atoms with Crippen LogP contribution < -0.4 is 5.32 Å². The van der Waals surface area contributed by atoms with Gasteiger partial charge < -0.3 is 10.1 Å². The minimum atomic E-state index is 0.615. The highest BCUT2D eigenvalue weighted by Crippen LogP contribution is 2.18. The summed E-state index contributed by atoms with van der Waals surface area (Å²) in [6.45, 7) is 2.78. The van der Waals surface area contributed by atoms with Gasteiger partial charge in [-0.15, -0.1) is 5.10 Å². The Morgan fingerprint density at radius 2 is 2.29 bits per heavy atom. The van der Waals surface area contributed by atoms with Crippen LogP contribution in [0.2, 0.25) is 0 Å². The van der Waals surface area contributed by atoms with Gasteiger partial charge in [0.05, 0.1) is 25.5 Å². The molecule has 0 saturated heterocycles. The maximum absolute atomic E-state index is 5.67. The maximum atomic E-state index is 5.67. The minimum absolute atomic E-state index is 0.615. The fraction of sp³-hybridized carbons (Fsp3) is 0.467. The lowest BCUT2D eigenvalue weighted by atomic mass is 10.2. The van der Waals surface area contributed by atoms with Crippen molar-refractivity contribution in [1.82, 2.24) is 20.3 Å². The van der Waals surface area contributed by atoms with Crippen molar-refractivity contribution in [2.75, 3.05) is 6.61 Å². The highest BCUT2D eigenvalue weighted by atomic mass is 79.9. The van der Waals surface area contributed by atoms with E-state index < -0.39 is 0 Å². The van der Waals surface area contributed by atoms with E-state index in [1.165, 1.54) is 12.8 Å². The van der Waals surface area contributed by atoms with Gasteiger partial charge in [-0.25, -0.2) is 4.68 Å². The zero-order chi connectivity index (χ0) is 14.5. The average molecular weight is 351 g/mol. The van der Waals surface area contributed by atoms with E-state index in [-0.39, 0.29) is 0 Å². The Kier molecular flexibility index (Phi) is 5.00. The van der Waals surface area contributed by atoms with Crippen LogP contribution in [0.5, 0.6) is 0 Å². The molecule has 0 bridgehead atoms. The van der Waals surface area contributed by atoms with Crippen LogP contribution in [0.15, 0.2) is 34.9 Å². The molecule has 0 unspecified atom stereocenters. The molecule has 1 N–H and O–H groups in total. The third kappa shape index (κ3) is 4.91. The van der Waals surface area contributed by atoms with Crippen LogP contribution in [0.4, 0.5) is 0 Å². The molecule has 5 nitrogen and oxygen atoms in total. The Balaban J connectivity index is 1.36. The topological polar surface area (TPSA) is 52.0 Å². The molecule has 0 spiro atoms. The molecule has 0 radical (unpaired) electrons. The first-order valence-electron chi connectivity index (χ1n) is 7.24. The number of ether oxygens (including phenoxy) is 1. The molecule has 0 atom stereocenters. The van der Waals surface area contributed by atoms with Gasteiger partial charge in [-0.2, -0.15) is 0 Å². The molecule has 1 saturated carbocycles. The zero-order valence-corrected chi connectivity index (χ0v) is 13.4. The van der Waals surface area contributed by atoms with Gasteiger partial charge in [0.1, 0.15) is 0 Å². The fourth-order valence-corrected chi connectivity index (χ4v) is 2.49. The molecule has 3 rings (SSSR count). The molecule has 0 aliphatic heterocycles. The van der Waals surface area contributed by atoms with Crippen LogP contribution in [0.1, 0.15) is 24.1 Å². The Morgan fingerprint density at radius 3 is 3.10 bits per heavy atom. The standard InChI is InChI=1S/C15H19BrN4O/c16-13-3-1-2-12(8-13)11-21-7-6-20-10-15(18-19-20)9-17-14-4-5-14/h1-3,8,10,14,17H,4-7,9,11H2. The number of benzene rings is 1. The van der Waals surface area contributed by atoms with E-state index in [0.717, 1.165) is 28.8 Å². The van der Waals surface area contributed by atoms with Crippen molar-refractivity contribution < 1.29 is 4.74 Å². The molecule has 0 amide bonds. The Hall–Kier alpha value is -1.24. The number of rotatable bonds is 8. The van der Waals surface area contributed by atoms with Crippen molar-refractivity contribution >= 4 is 15.9 Å². The van der Waals surface area contributed by atoms with Gasteiger partial charge in [0.2, 0.25) is 0 Å². The zero-order valence-electron chi connectivity index (χ0n) is 11.8. The van der Waals surface area contributed by atoms with E-state index in [0.29, 0.717) is 19.3 Å². The lowest BCUT2D eigenvalue weighted by molar-refractivity contribution is 0.110. The first kappa shape index (κ1) is 14.7. The number of nitrogens with zero attached hydrogens (tertiary/aromatic N) is 3. The van der Waals surface area contributed by atoms with Crippen molar-refractivity contribution in [2.24, 2.45) is 0 Å². The lowest BCUT2D eigenvalue weighted by Gasteiger charge is -2.04. The summed E-state index contributed by atoms with van der Waals surface area (Å²) >= 11 is 3.46. The van der Waals surface area contributed by atoms with Gasteiger partial charge in [0.15, 0.2) is 0 Å². The Morgan fingerprint density at radius 1 is 1.38 bits per heavy atom. The van der Waals surface area contributed by atoms with Crippen LogP contribution in [0, 0.1) is 0 Å². The second-order valence-electron chi connectivity index (χ2n) is 5.31. The quantitative estimate of drug-likeness (QED) is 0.743. The second-order valence-corrected chi connectivity index (χ2v) is 6.23. The van der Waals surface area contributed by atoms with Crippen molar-refractivity contribution in [2.45, 2.75) is 38.6 Å². The first-order valence-corrected chi connectivity index (χ1v) is 8.03. The Labute approximate surface area is 132 Å². The average Bonchev–Trinajstić information content (AvgIpc) is 3.20. The second kappa shape index (κ2) is 7.15. The molecule has 1 aliphatic rings. The summed E-state index contributed by atoms with van der Waals surface area (Å²) in [5.74, 6) is 0. The molecule has 1 aliphatic carbocycles. The monoisotopic (exact) mass is 350 g/mol. The summed E-state index contributed by atoms with van der Waals surface area (Å²) in [5, 5.41) is 11.7. The van der Waals surface area contributed by atoms with Crippen molar-refractivity contribution in [1.29, 1.82) is 0 Å². The van der Waals surface area contributed by atoms with E-state index in [2.05, 4.69) is 43.7 Å². The molecule has 1 aromatic heterocycles. The minimum Gasteiger partial charge on any atom is -0.375 e. The van der Waals surface area contributed by atoms with Gasteiger partial charge in [-0.05, 0) is 30.5 Å². The highest BCUT2D eigenvalue weighted by molar-refractivity contribution is 9.10. The van der Waals surface area contributed by atoms with Gasteiger partial charge in [-0.3, -0.25) is 0 Å². The Bertz CT molecular complexity index is 583. The summed E-state index contributed by atoms with van der Waals surface area (Å²) in [4.78, 5) is 0. The molecule has 6 heteroatoms. The molecular weight excluding hydrogens is 332 g/mol. The van der Waals surface area contributed by atoms with Gasteiger partial charge >= 0.3 is 0 Å². The molecular formula is C15H19BrN4O. The van der Waals surface area contributed by atoms with E-state index >= 15 is 0 Å². The molecule has 1 fully saturated rings. The number of hydrogen-bond acceptors (Lipinski definition) is 4. The SMILES string of the molecule is Brc1cccc(COCCn2cc(CNC3CC3)nn2)c1. The summed E-state index contributed by atoms with van der Waals surface area (Å²) in [5.41, 5.74) is 2.16. The van der Waals surface area contributed by atoms with Crippen LogP contribution in [-0.2, 0) is 24.4 Å². The van der Waals surface area contributed by atoms with Crippen LogP contribution in [-0.4, -0.2) is 27.6 Å². The van der Waals surface area contributed by atoms with Gasteiger partial charge in [-0.1, -0.05) is 33.3 Å². The third-order valence-corrected chi connectivity index (χ3v) is 3.85. The number of nitrogens with one attached hydrogen (secondary N) is 1. The molecule has 2 aromatic rings. The van der Waals surface area contributed by atoms with E-state index in [1.807, 2.05) is 23.0 Å². The lowest BCUT2D eigenvalue weighted by Crippen LogP contribution is -2.15. The van der Waals surface area contributed by atoms with E-state index in [4.69, 9.17) is 4.74 Å². The van der Waals surface area contributed by atoms with Crippen molar-refractivity contribution in [3.05, 3.63) is 46.2 Å². The largest absolute Gasteiger partial charge is 0.375 e. The predicted molar refractivity (Wildman–Crippen MR) is 83.7 cm³/mol. The molecule has 21 heavy (non-hydrogen) atoms. The molecule has 1 heterocycles. The smallest absolute Gasteiger partial charge is 0.0964 e. The van der Waals surface area contributed by atoms with Gasteiger partial charge in [0.25, 0.3) is 0 Å². The summed E-state index contributed by atoms with van der Waals surface area (Å²) in [6.07, 6.45) is 4.56. The third-order valence-electron chi connectivity index (χ3n) is 3.36. The number of hydrogen-bond donors (Lipinski definition) is 1. The van der Waals surface area contributed by atoms with E-state index in [1.54, 1.807) is 0 Å². The highest BCUT2D eigenvalue weighted by Gasteiger charge is 2.20. The fourth-order valence-electron chi connectivity index (χ4n) is 2.04. The summed E-state index contributed by atoms with van der Waals surface area (Å²) in [7, 11) is 0. The van der Waals surface area contributed by atoms with Crippen LogP contribution >= 0.6 is 15.9 Å². The van der Waals surface area contributed by atoms with Crippen LogP contribution in [0.3, 0.4) is 0 Å².